The molecule has 0 aliphatic carbocycles. The van der Waals surface area contributed by atoms with Crippen LogP contribution in [-0.4, -0.2) is 46.3 Å². The Labute approximate surface area is 242 Å². The highest BCUT2D eigenvalue weighted by atomic mass is 32.2. The van der Waals surface area contributed by atoms with Crippen LogP contribution in [0.3, 0.4) is 0 Å². The standard InChI is InChI=1S/C29H25F4N3O5S/c1-3-40-20-11-9-18(10-12-20)34-23(37)14-22-27(38)36(15-17-13-21(30)25(32)26(33)24(17)31)29(42-22)35-19-7-5-16(6-8-19)28(39)41-4-2/h5-13,22H,3-4,14-15H2,1-2H3,(H,34,37)/t22-/m0/s1. The third kappa shape index (κ3) is 7.08. The molecule has 1 N–H and O–H groups in total. The number of benzene rings is 3. The largest absolute Gasteiger partial charge is 0.494 e. The molecule has 1 saturated heterocycles. The van der Waals surface area contributed by atoms with Crippen molar-refractivity contribution in [2.75, 3.05) is 18.5 Å². The minimum atomic E-state index is -2.01. The van der Waals surface area contributed by atoms with Gasteiger partial charge in [-0.3, -0.25) is 14.5 Å². The number of nitrogens with zero attached hydrogens (tertiary/aromatic N) is 2. The van der Waals surface area contributed by atoms with Gasteiger partial charge in [0.1, 0.15) is 11.0 Å². The highest BCUT2D eigenvalue weighted by Crippen LogP contribution is 2.34. The molecule has 0 radical (unpaired) electrons. The van der Waals surface area contributed by atoms with Gasteiger partial charge in [-0.15, -0.1) is 0 Å². The summed E-state index contributed by atoms with van der Waals surface area (Å²) < 4.78 is 66.2. The van der Waals surface area contributed by atoms with Gasteiger partial charge in [-0.25, -0.2) is 27.3 Å². The van der Waals surface area contributed by atoms with Crippen LogP contribution in [0.25, 0.3) is 0 Å². The number of amides is 2. The van der Waals surface area contributed by atoms with Gasteiger partial charge < -0.3 is 14.8 Å². The van der Waals surface area contributed by atoms with E-state index >= 15 is 0 Å². The summed E-state index contributed by atoms with van der Waals surface area (Å²) >= 11 is 0.895. The number of hydrogen-bond acceptors (Lipinski definition) is 7. The maximum atomic E-state index is 14.5. The summed E-state index contributed by atoms with van der Waals surface area (Å²) in [6.07, 6.45) is -0.303. The van der Waals surface area contributed by atoms with Gasteiger partial charge in [0.25, 0.3) is 0 Å². The maximum Gasteiger partial charge on any atom is 0.338 e. The van der Waals surface area contributed by atoms with Crippen molar-refractivity contribution in [2.24, 2.45) is 4.99 Å². The fraction of sp³-hybridized carbons (Fsp3) is 0.241. The van der Waals surface area contributed by atoms with Crippen molar-refractivity contribution in [1.29, 1.82) is 0 Å². The Morgan fingerprint density at radius 1 is 0.952 bits per heavy atom. The summed E-state index contributed by atoms with van der Waals surface area (Å²) in [4.78, 5) is 43.5. The molecule has 1 atom stereocenters. The van der Waals surface area contributed by atoms with E-state index < -0.39 is 58.4 Å². The first kappa shape index (κ1) is 30.6. The molecule has 4 rings (SSSR count). The van der Waals surface area contributed by atoms with Crippen molar-refractivity contribution >= 4 is 46.1 Å². The number of esters is 1. The van der Waals surface area contributed by atoms with E-state index in [-0.39, 0.29) is 23.8 Å². The van der Waals surface area contributed by atoms with Crippen LogP contribution in [0.2, 0.25) is 0 Å². The van der Waals surface area contributed by atoms with Crippen LogP contribution >= 0.6 is 11.8 Å². The average molecular weight is 604 g/mol. The van der Waals surface area contributed by atoms with Crippen LogP contribution < -0.4 is 10.1 Å². The minimum Gasteiger partial charge on any atom is -0.494 e. The molecule has 3 aromatic rings. The Morgan fingerprint density at radius 3 is 2.29 bits per heavy atom. The fourth-order valence-electron chi connectivity index (χ4n) is 3.96. The molecular formula is C29H25F4N3O5S. The molecule has 42 heavy (non-hydrogen) atoms. The predicted octanol–water partition coefficient (Wildman–Crippen LogP) is 5.98. The van der Waals surface area contributed by atoms with Gasteiger partial charge in [0.2, 0.25) is 11.8 Å². The Hall–Kier alpha value is -4.39. The van der Waals surface area contributed by atoms with Crippen molar-refractivity contribution in [3.05, 3.63) is 89.0 Å². The molecule has 1 heterocycles. The topological polar surface area (TPSA) is 97.3 Å². The van der Waals surface area contributed by atoms with E-state index in [0.717, 1.165) is 16.7 Å². The van der Waals surface area contributed by atoms with Gasteiger partial charge in [0, 0.05) is 17.7 Å². The van der Waals surface area contributed by atoms with E-state index in [1.165, 1.54) is 24.3 Å². The van der Waals surface area contributed by atoms with Crippen molar-refractivity contribution in [1.82, 2.24) is 4.90 Å². The molecule has 0 unspecified atom stereocenters. The number of ether oxygens (including phenoxy) is 2. The number of anilines is 1. The molecule has 220 valence electrons. The zero-order valence-corrected chi connectivity index (χ0v) is 23.3. The number of carbonyl (C=O) groups is 3. The molecule has 1 fully saturated rings. The smallest absolute Gasteiger partial charge is 0.338 e. The molecule has 8 nitrogen and oxygen atoms in total. The monoisotopic (exact) mass is 603 g/mol. The van der Waals surface area contributed by atoms with Crippen LogP contribution in [0.1, 0.15) is 36.2 Å². The molecule has 2 amide bonds. The molecule has 1 aliphatic heterocycles. The van der Waals surface area contributed by atoms with Crippen LogP contribution in [-0.2, 0) is 20.9 Å². The molecule has 0 bridgehead atoms. The number of halogens is 4. The van der Waals surface area contributed by atoms with E-state index in [4.69, 9.17) is 9.47 Å². The Morgan fingerprint density at radius 2 is 1.64 bits per heavy atom. The second-order valence-electron chi connectivity index (χ2n) is 8.86. The van der Waals surface area contributed by atoms with Crippen molar-refractivity contribution in [3.8, 4) is 5.75 Å². The van der Waals surface area contributed by atoms with E-state index in [1.54, 1.807) is 31.2 Å². The molecule has 3 aromatic carbocycles. The Balaban J connectivity index is 1.58. The Kier molecular flexibility index (Phi) is 9.84. The van der Waals surface area contributed by atoms with E-state index in [2.05, 4.69) is 10.3 Å². The third-order valence-electron chi connectivity index (χ3n) is 5.95. The predicted molar refractivity (Wildman–Crippen MR) is 149 cm³/mol. The first-order valence-electron chi connectivity index (χ1n) is 12.8. The number of nitrogens with one attached hydrogen (secondary N) is 1. The first-order valence-corrected chi connectivity index (χ1v) is 13.7. The molecule has 0 spiro atoms. The second-order valence-corrected chi connectivity index (χ2v) is 10.0. The summed E-state index contributed by atoms with van der Waals surface area (Å²) in [5.41, 5.74) is 0.395. The lowest BCUT2D eigenvalue weighted by Gasteiger charge is -2.17. The highest BCUT2D eigenvalue weighted by Gasteiger charge is 2.40. The SMILES string of the molecule is CCOC(=O)c1ccc(N=C2S[C@@H](CC(=O)Nc3ccc(OCC)cc3)C(=O)N2Cc2cc(F)c(F)c(F)c2F)cc1. The van der Waals surface area contributed by atoms with Gasteiger partial charge in [-0.05, 0) is 68.4 Å². The lowest BCUT2D eigenvalue weighted by molar-refractivity contribution is -0.128. The first-order chi connectivity index (χ1) is 20.1. The second kappa shape index (κ2) is 13.5. The molecule has 13 heteroatoms. The van der Waals surface area contributed by atoms with Crippen LogP contribution in [0.5, 0.6) is 5.75 Å². The zero-order valence-electron chi connectivity index (χ0n) is 22.5. The number of rotatable bonds is 10. The summed E-state index contributed by atoms with van der Waals surface area (Å²) in [7, 11) is 0. The molecular weight excluding hydrogens is 578 g/mol. The number of aliphatic imine (C=N–C) groups is 1. The van der Waals surface area contributed by atoms with Gasteiger partial charge in [-0.2, -0.15) is 0 Å². The third-order valence-corrected chi connectivity index (χ3v) is 7.12. The maximum absolute atomic E-state index is 14.5. The quantitative estimate of drug-likeness (QED) is 0.133. The molecule has 0 saturated carbocycles. The number of thioether (sulfide) groups is 1. The highest BCUT2D eigenvalue weighted by molar-refractivity contribution is 8.15. The van der Waals surface area contributed by atoms with E-state index in [9.17, 15) is 31.9 Å². The van der Waals surface area contributed by atoms with Gasteiger partial charge in [-0.1, -0.05) is 11.8 Å². The fourth-order valence-corrected chi connectivity index (χ4v) is 5.11. The van der Waals surface area contributed by atoms with Crippen LogP contribution in [0.15, 0.2) is 59.6 Å². The molecule has 1 aliphatic rings. The van der Waals surface area contributed by atoms with Crippen molar-refractivity contribution in [3.63, 3.8) is 0 Å². The lowest BCUT2D eigenvalue weighted by atomic mass is 10.1. The van der Waals surface area contributed by atoms with E-state index in [1.807, 2.05) is 6.92 Å². The Bertz CT molecular complexity index is 1520. The number of hydrogen-bond donors (Lipinski definition) is 1. The zero-order chi connectivity index (χ0) is 30.4. The summed E-state index contributed by atoms with van der Waals surface area (Å²) in [5.74, 6) is -8.36. The van der Waals surface area contributed by atoms with Crippen molar-refractivity contribution < 1.29 is 41.4 Å². The van der Waals surface area contributed by atoms with Gasteiger partial charge in [0.15, 0.2) is 28.4 Å². The average Bonchev–Trinajstić information content (AvgIpc) is 3.25. The van der Waals surface area contributed by atoms with Crippen molar-refractivity contribution in [2.45, 2.75) is 32.1 Å². The van der Waals surface area contributed by atoms with Gasteiger partial charge in [0.05, 0.1) is 31.0 Å². The summed E-state index contributed by atoms with van der Waals surface area (Å²) in [6.45, 7) is 3.48. The minimum absolute atomic E-state index is 0.00675. The van der Waals surface area contributed by atoms with E-state index in [0.29, 0.717) is 29.8 Å². The normalized spacial score (nSPS) is 15.7. The number of amidine groups is 1. The number of carbonyl (C=O) groups excluding carboxylic acids is 3. The summed E-state index contributed by atoms with van der Waals surface area (Å²) in [5, 5.41) is 1.68. The molecule has 0 aromatic heterocycles. The van der Waals surface area contributed by atoms with Crippen LogP contribution in [0.4, 0.5) is 28.9 Å². The lowest BCUT2D eigenvalue weighted by Crippen LogP contribution is -2.33. The summed E-state index contributed by atoms with van der Waals surface area (Å²) in [6, 6.07) is 12.9. The van der Waals surface area contributed by atoms with Crippen LogP contribution in [0, 0.1) is 23.3 Å². The van der Waals surface area contributed by atoms with Gasteiger partial charge >= 0.3 is 5.97 Å².